The van der Waals surface area contributed by atoms with Crippen LogP contribution < -0.4 is 20.9 Å². The van der Waals surface area contributed by atoms with Crippen molar-refractivity contribution in [1.82, 2.24) is 19.9 Å². The number of anilines is 1. The zero-order chi connectivity index (χ0) is 25.3. The van der Waals surface area contributed by atoms with Gasteiger partial charge in [-0.3, -0.25) is 14.2 Å². The van der Waals surface area contributed by atoms with Crippen molar-refractivity contribution in [2.75, 3.05) is 19.0 Å². The molecule has 0 aromatic carbocycles. The van der Waals surface area contributed by atoms with Crippen LogP contribution in [0.4, 0.5) is 5.82 Å². The van der Waals surface area contributed by atoms with Gasteiger partial charge in [0.05, 0.1) is 11.3 Å². The van der Waals surface area contributed by atoms with Crippen LogP contribution in [0.1, 0.15) is 50.4 Å². The summed E-state index contributed by atoms with van der Waals surface area (Å²) >= 11 is 0. The largest absolute Gasteiger partial charge is 0.480 e. The van der Waals surface area contributed by atoms with E-state index in [1.807, 2.05) is 37.3 Å². The molecule has 0 spiro atoms. The molecule has 1 amide bonds. The Morgan fingerprint density at radius 3 is 2.64 bits per heavy atom. The highest BCUT2D eigenvalue weighted by Gasteiger charge is 2.40. The average Bonchev–Trinajstić information content (AvgIpc) is 2.88. The number of hydrogen-bond donors (Lipinski definition) is 2. The minimum atomic E-state index is -0.279. The van der Waals surface area contributed by atoms with E-state index in [0.29, 0.717) is 24.7 Å². The van der Waals surface area contributed by atoms with E-state index in [1.54, 1.807) is 17.7 Å². The molecule has 36 heavy (non-hydrogen) atoms. The van der Waals surface area contributed by atoms with E-state index in [-0.39, 0.29) is 29.2 Å². The fourth-order valence-corrected chi connectivity index (χ4v) is 5.18. The highest BCUT2D eigenvalue weighted by molar-refractivity contribution is 5.94. The third kappa shape index (κ3) is 4.99. The molecule has 1 fully saturated rings. The van der Waals surface area contributed by atoms with Crippen molar-refractivity contribution in [1.29, 1.82) is 0 Å². The van der Waals surface area contributed by atoms with Crippen LogP contribution in [-0.4, -0.2) is 45.3 Å². The van der Waals surface area contributed by atoms with Crippen LogP contribution in [0.2, 0.25) is 0 Å². The summed E-state index contributed by atoms with van der Waals surface area (Å²) in [6.07, 6.45) is 4.40. The second kappa shape index (κ2) is 9.63. The standard InChI is InChI=1S/C27H33N5O4/c1-18-4-5-19-6-9-23(34)32(25(19)29-18)15-14-27(35-3)12-10-26(2,11-13-27)28-16-20-7-8-21-24(30-20)31-22(33)17-36-21/h4-9,28H,10-17H2,1-3H3,(H,30,31,33). The molecule has 0 radical (unpaired) electrons. The molecule has 3 aromatic heterocycles. The third-order valence-corrected chi connectivity index (χ3v) is 7.69. The molecule has 2 aliphatic rings. The van der Waals surface area contributed by atoms with Gasteiger partial charge < -0.3 is 20.1 Å². The second-order valence-electron chi connectivity index (χ2n) is 10.2. The summed E-state index contributed by atoms with van der Waals surface area (Å²) in [6, 6.07) is 11.2. The number of hydrogen-bond acceptors (Lipinski definition) is 7. The van der Waals surface area contributed by atoms with Gasteiger partial charge in [0.15, 0.2) is 18.2 Å². The lowest BCUT2D eigenvalue weighted by Gasteiger charge is -2.45. The van der Waals surface area contributed by atoms with Gasteiger partial charge in [0.1, 0.15) is 5.65 Å². The van der Waals surface area contributed by atoms with Gasteiger partial charge >= 0.3 is 0 Å². The van der Waals surface area contributed by atoms with E-state index >= 15 is 0 Å². The van der Waals surface area contributed by atoms with Gasteiger partial charge in [-0.1, -0.05) is 0 Å². The number of nitrogens with zero attached hydrogens (tertiary/aromatic N) is 3. The molecular weight excluding hydrogens is 458 g/mol. The Morgan fingerprint density at radius 2 is 1.86 bits per heavy atom. The Balaban J connectivity index is 1.22. The molecule has 9 heteroatoms. The van der Waals surface area contributed by atoms with Crippen molar-refractivity contribution < 1.29 is 14.3 Å². The lowest BCUT2D eigenvalue weighted by Crippen LogP contribution is -2.50. The molecule has 0 atom stereocenters. The summed E-state index contributed by atoms with van der Waals surface area (Å²) in [7, 11) is 1.78. The number of amides is 1. The number of aromatic nitrogens is 3. The zero-order valence-corrected chi connectivity index (χ0v) is 21.1. The topological polar surface area (TPSA) is 107 Å². The lowest BCUT2D eigenvalue weighted by molar-refractivity contribution is -0.118. The number of carbonyl (C=O) groups is 1. The fourth-order valence-electron chi connectivity index (χ4n) is 5.18. The quantitative estimate of drug-likeness (QED) is 0.522. The average molecular weight is 492 g/mol. The first kappa shape index (κ1) is 24.4. The number of nitrogens with one attached hydrogen (secondary N) is 2. The Bertz CT molecular complexity index is 1340. The van der Waals surface area contributed by atoms with Gasteiger partial charge in [-0.05, 0) is 76.3 Å². The molecule has 2 N–H and O–H groups in total. The molecule has 4 heterocycles. The molecule has 190 valence electrons. The van der Waals surface area contributed by atoms with E-state index in [9.17, 15) is 9.59 Å². The number of methoxy groups -OCH3 is 1. The lowest BCUT2D eigenvalue weighted by atomic mass is 9.73. The molecule has 0 unspecified atom stereocenters. The molecule has 0 saturated heterocycles. The smallest absolute Gasteiger partial charge is 0.263 e. The van der Waals surface area contributed by atoms with E-state index in [0.717, 1.165) is 54.5 Å². The second-order valence-corrected chi connectivity index (χ2v) is 10.2. The van der Waals surface area contributed by atoms with Gasteiger partial charge in [0.25, 0.3) is 11.5 Å². The number of aryl methyl sites for hydroxylation is 2. The Hall–Kier alpha value is -3.30. The minimum absolute atomic E-state index is 0.0247. The first-order valence-corrected chi connectivity index (χ1v) is 12.5. The van der Waals surface area contributed by atoms with Crippen LogP contribution in [0.15, 0.2) is 41.2 Å². The zero-order valence-electron chi connectivity index (χ0n) is 21.1. The highest BCUT2D eigenvalue weighted by atomic mass is 16.5. The fraction of sp³-hybridized carbons (Fsp3) is 0.481. The summed E-state index contributed by atoms with van der Waals surface area (Å²) in [6.45, 7) is 5.36. The van der Waals surface area contributed by atoms with Crippen LogP contribution >= 0.6 is 0 Å². The summed E-state index contributed by atoms with van der Waals surface area (Å²) in [5.74, 6) is 0.890. The monoisotopic (exact) mass is 491 g/mol. The number of fused-ring (bicyclic) bond motifs is 2. The molecule has 1 aliphatic heterocycles. The van der Waals surface area contributed by atoms with Crippen LogP contribution in [0.5, 0.6) is 5.75 Å². The van der Waals surface area contributed by atoms with Gasteiger partial charge in [-0.25, -0.2) is 9.97 Å². The molecule has 0 bridgehead atoms. The van der Waals surface area contributed by atoms with Crippen LogP contribution in [0.25, 0.3) is 11.0 Å². The predicted octanol–water partition coefficient (Wildman–Crippen LogP) is 3.33. The first-order valence-electron chi connectivity index (χ1n) is 12.5. The van der Waals surface area contributed by atoms with Crippen molar-refractivity contribution in [2.45, 2.75) is 70.2 Å². The minimum Gasteiger partial charge on any atom is -0.480 e. The maximum atomic E-state index is 12.7. The van der Waals surface area contributed by atoms with Gasteiger partial charge in [0.2, 0.25) is 0 Å². The van der Waals surface area contributed by atoms with Crippen molar-refractivity contribution >= 4 is 22.8 Å². The molecule has 3 aromatic rings. The van der Waals surface area contributed by atoms with Crippen LogP contribution in [0.3, 0.4) is 0 Å². The summed E-state index contributed by atoms with van der Waals surface area (Å²) in [5.41, 5.74) is 2.10. The summed E-state index contributed by atoms with van der Waals surface area (Å²) < 4.78 is 13.2. The molecule has 5 rings (SSSR count). The van der Waals surface area contributed by atoms with Gasteiger partial charge in [0, 0.05) is 42.9 Å². The van der Waals surface area contributed by atoms with Crippen molar-refractivity contribution in [3.8, 4) is 5.75 Å². The third-order valence-electron chi connectivity index (χ3n) is 7.69. The molecule has 1 saturated carbocycles. The summed E-state index contributed by atoms with van der Waals surface area (Å²) in [4.78, 5) is 33.4. The van der Waals surface area contributed by atoms with Crippen LogP contribution in [0, 0.1) is 6.92 Å². The maximum Gasteiger partial charge on any atom is 0.263 e. The van der Waals surface area contributed by atoms with E-state index in [1.165, 1.54) is 0 Å². The van der Waals surface area contributed by atoms with Crippen molar-refractivity contribution in [3.63, 3.8) is 0 Å². The van der Waals surface area contributed by atoms with Gasteiger partial charge in [-0.15, -0.1) is 0 Å². The van der Waals surface area contributed by atoms with Crippen molar-refractivity contribution in [3.05, 3.63) is 58.1 Å². The number of pyridine rings is 3. The Morgan fingerprint density at radius 1 is 1.08 bits per heavy atom. The molecular formula is C27H33N5O4. The normalized spacial score (nSPS) is 23.7. The van der Waals surface area contributed by atoms with E-state index in [4.69, 9.17) is 9.47 Å². The highest BCUT2D eigenvalue weighted by Crippen LogP contribution is 2.39. The van der Waals surface area contributed by atoms with Gasteiger partial charge in [-0.2, -0.15) is 0 Å². The molecule has 9 nitrogen and oxygen atoms in total. The van der Waals surface area contributed by atoms with E-state index in [2.05, 4.69) is 27.5 Å². The number of carbonyl (C=O) groups excluding carboxylic acids is 1. The Kier molecular flexibility index (Phi) is 6.53. The van der Waals surface area contributed by atoms with Crippen molar-refractivity contribution in [2.24, 2.45) is 0 Å². The Labute approximate surface area is 210 Å². The summed E-state index contributed by atoms with van der Waals surface area (Å²) in [5, 5.41) is 7.40. The molecule has 1 aliphatic carbocycles. The first-order chi connectivity index (χ1) is 17.3. The number of ether oxygens (including phenoxy) is 2. The van der Waals surface area contributed by atoms with Crippen LogP contribution in [-0.2, 0) is 22.6 Å². The predicted molar refractivity (Wildman–Crippen MR) is 137 cm³/mol. The number of rotatable bonds is 7. The maximum absolute atomic E-state index is 12.7. The SMILES string of the molecule is COC1(CCn2c(=O)ccc3ccc(C)nc32)CCC(C)(NCc2ccc3c(n2)NC(=O)CO3)CC1. The van der Waals surface area contributed by atoms with E-state index < -0.39 is 0 Å².